The van der Waals surface area contributed by atoms with Crippen molar-refractivity contribution in [3.05, 3.63) is 65.2 Å². The molecule has 0 spiro atoms. The van der Waals surface area contributed by atoms with E-state index in [1.165, 1.54) is 5.56 Å². The SMILES string of the molecule is Cc1cc(C)n(-c2cncc(N[C@H]3c4ccccc4C[C@H]3O)n2)n1. The molecule has 2 atom stereocenters. The molecule has 1 aliphatic rings. The summed E-state index contributed by atoms with van der Waals surface area (Å²) in [6.07, 6.45) is 3.53. The summed E-state index contributed by atoms with van der Waals surface area (Å²) in [5, 5.41) is 18.1. The molecule has 24 heavy (non-hydrogen) atoms. The Morgan fingerprint density at radius 2 is 2.04 bits per heavy atom. The summed E-state index contributed by atoms with van der Waals surface area (Å²) in [7, 11) is 0. The summed E-state index contributed by atoms with van der Waals surface area (Å²) in [5.41, 5.74) is 4.23. The van der Waals surface area contributed by atoms with Gasteiger partial charge in [0.1, 0.15) is 5.82 Å². The normalized spacial score (nSPS) is 19.3. The number of rotatable bonds is 3. The van der Waals surface area contributed by atoms with Gasteiger partial charge < -0.3 is 10.4 Å². The first-order valence-electron chi connectivity index (χ1n) is 8.00. The molecule has 0 amide bonds. The van der Waals surface area contributed by atoms with Crippen LogP contribution in [0.1, 0.15) is 28.6 Å². The first-order chi connectivity index (χ1) is 11.6. The van der Waals surface area contributed by atoms with Crippen LogP contribution in [0.2, 0.25) is 0 Å². The van der Waals surface area contributed by atoms with Crippen molar-refractivity contribution in [3.8, 4) is 5.82 Å². The van der Waals surface area contributed by atoms with Gasteiger partial charge in [-0.25, -0.2) is 9.67 Å². The van der Waals surface area contributed by atoms with Crippen molar-refractivity contribution in [2.45, 2.75) is 32.4 Å². The van der Waals surface area contributed by atoms with Crippen LogP contribution in [-0.4, -0.2) is 31.0 Å². The van der Waals surface area contributed by atoms with Crippen molar-refractivity contribution in [2.24, 2.45) is 0 Å². The van der Waals surface area contributed by atoms with Crippen molar-refractivity contribution in [1.82, 2.24) is 19.7 Å². The van der Waals surface area contributed by atoms with Crippen LogP contribution in [0.15, 0.2) is 42.7 Å². The maximum Gasteiger partial charge on any atom is 0.174 e. The minimum absolute atomic E-state index is 0.175. The maximum atomic E-state index is 10.4. The van der Waals surface area contributed by atoms with E-state index in [0.29, 0.717) is 18.1 Å². The van der Waals surface area contributed by atoms with Crippen LogP contribution in [0, 0.1) is 13.8 Å². The molecule has 6 heteroatoms. The Bertz CT molecular complexity index is 889. The Morgan fingerprint density at radius 1 is 1.21 bits per heavy atom. The van der Waals surface area contributed by atoms with Gasteiger partial charge in [0.2, 0.25) is 0 Å². The number of nitrogens with one attached hydrogen (secondary N) is 1. The van der Waals surface area contributed by atoms with E-state index in [0.717, 1.165) is 17.0 Å². The highest BCUT2D eigenvalue weighted by molar-refractivity contribution is 5.45. The number of benzene rings is 1. The van der Waals surface area contributed by atoms with E-state index in [4.69, 9.17) is 0 Å². The van der Waals surface area contributed by atoms with Gasteiger partial charge in [0.05, 0.1) is 30.2 Å². The average molecular weight is 321 g/mol. The molecule has 0 unspecified atom stereocenters. The highest BCUT2D eigenvalue weighted by atomic mass is 16.3. The fourth-order valence-corrected chi connectivity index (χ4v) is 3.30. The van der Waals surface area contributed by atoms with E-state index in [1.807, 2.05) is 38.1 Å². The van der Waals surface area contributed by atoms with Crippen LogP contribution in [0.25, 0.3) is 5.82 Å². The van der Waals surface area contributed by atoms with E-state index < -0.39 is 6.10 Å². The number of anilines is 1. The molecular formula is C18H19N5O. The van der Waals surface area contributed by atoms with E-state index in [9.17, 15) is 5.11 Å². The fourth-order valence-electron chi connectivity index (χ4n) is 3.30. The highest BCUT2D eigenvalue weighted by Crippen LogP contribution is 2.33. The number of aliphatic hydroxyl groups is 1. The number of nitrogens with zero attached hydrogens (tertiary/aromatic N) is 4. The summed E-state index contributed by atoms with van der Waals surface area (Å²) in [5.74, 6) is 1.28. The lowest BCUT2D eigenvalue weighted by Crippen LogP contribution is -2.22. The van der Waals surface area contributed by atoms with Gasteiger partial charge >= 0.3 is 0 Å². The molecule has 122 valence electrons. The lowest BCUT2D eigenvalue weighted by atomic mass is 10.1. The quantitative estimate of drug-likeness (QED) is 0.774. The van der Waals surface area contributed by atoms with Crippen LogP contribution in [0.5, 0.6) is 0 Å². The minimum Gasteiger partial charge on any atom is -0.390 e. The molecular weight excluding hydrogens is 302 g/mol. The van der Waals surface area contributed by atoms with Crippen molar-refractivity contribution in [2.75, 3.05) is 5.32 Å². The Labute approximate surface area is 140 Å². The topological polar surface area (TPSA) is 75.9 Å². The van der Waals surface area contributed by atoms with Crippen molar-refractivity contribution in [1.29, 1.82) is 0 Å². The van der Waals surface area contributed by atoms with E-state index in [-0.39, 0.29) is 6.04 Å². The monoisotopic (exact) mass is 321 g/mol. The average Bonchev–Trinajstić information content (AvgIpc) is 3.07. The smallest absolute Gasteiger partial charge is 0.174 e. The van der Waals surface area contributed by atoms with Gasteiger partial charge in [-0.3, -0.25) is 4.98 Å². The zero-order valence-electron chi connectivity index (χ0n) is 13.6. The summed E-state index contributed by atoms with van der Waals surface area (Å²) in [6, 6.07) is 9.91. The molecule has 0 saturated carbocycles. The third kappa shape index (κ3) is 2.55. The Morgan fingerprint density at radius 3 is 2.83 bits per heavy atom. The molecule has 2 heterocycles. The minimum atomic E-state index is -0.471. The molecule has 2 N–H and O–H groups in total. The van der Waals surface area contributed by atoms with Gasteiger partial charge in [-0.1, -0.05) is 24.3 Å². The first kappa shape index (κ1) is 14.8. The van der Waals surface area contributed by atoms with Crippen LogP contribution in [-0.2, 0) is 6.42 Å². The summed E-state index contributed by atoms with van der Waals surface area (Å²) in [6.45, 7) is 3.93. The Balaban J connectivity index is 1.64. The number of aryl methyl sites for hydroxylation is 2. The molecule has 0 saturated heterocycles. The lowest BCUT2D eigenvalue weighted by Gasteiger charge is -2.18. The lowest BCUT2D eigenvalue weighted by molar-refractivity contribution is 0.165. The van der Waals surface area contributed by atoms with Gasteiger partial charge in [0.15, 0.2) is 5.82 Å². The second-order valence-electron chi connectivity index (χ2n) is 6.19. The fraction of sp³-hybridized carbons (Fsp3) is 0.278. The summed E-state index contributed by atoms with van der Waals surface area (Å²) in [4.78, 5) is 8.87. The van der Waals surface area contributed by atoms with Gasteiger partial charge in [0, 0.05) is 12.1 Å². The molecule has 1 aliphatic carbocycles. The van der Waals surface area contributed by atoms with E-state index in [1.54, 1.807) is 17.1 Å². The molecule has 2 aromatic heterocycles. The third-order valence-electron chi connectivity index (χ3n) is 4.36. The van der Waals surface area contributed by atoms with Gasteiger partial charge in [-0.15, -0.1) is 0 Å². The van der Waals surface area contributed by atoms with E-state index in [2.05, 4.69) is 26.4 Å². The van der Waals surface area contributed by atoms with Crippen LogP contribution >= 0.6 is 0 Å². The molecule has 4 rings (SSSR count). The largest absolute Gasteiger partial charge is 0.390 e. The third-order valence-corrected chi connectivity index (χ3v) is 4.36. The van der Waals surface area contributed by atoms with Crippen molar-refractivity contribution >= 4 is 5.82 Å². The second kappa shape index (κ2) is 5.72. The van der Waals surface area contributed by atoms with Crippen LogP contribution < -0.4 is 5.32 Å². The van der Waals surface area contributed by atoms with Gasteiger partial charge in [-0.2, -0.15) is 5.10 Å². The number of aliphatic hydroxyl groups excluding tert-OH is 1. The van der Waals surface area contributed by atoms with Crippen molar-refractivity contribution < 1.29 is 5.11 Å². The van der Waals surface area contributed by atoms with Crippen LogP contribution in [0.4, 0.5) is 5.82 Å². The number of hydrogen-bond donors (Lipinski definition) is 2. The molecule has 0 radical (unpaired) electrons. The number of aromatic nitrogens is 4. The predicted molar refractivity (Wildman–Crippen MR) is 91.1 cm³/mol. The molecule has 0 fully saturated rings. The summed E-state index contributed by atoms with van der Waals surface area (Å²) >= 11 is 0. The Hall–Kier alpha value is -2.73. The highest BCUT2D eigenvalue weighted by Gasteiger charge is 2.30. The van der Waals surface area contributed by atoms with E-state index >= 15 is 0 Å². The molecule has 1 aromatic carbocycles. The summed E-state index contributed by atoms with van der Waals surface area (Å²) < 4.78 is 1.77. The standard InChI is InChI=1S/C18H19N5O/c1-11-7-12(2)23(22-11)17-10-19-9-16(20-17)21-18-14-6-4-3-5-13(14)8-15(18)24/h3-7,9-10,15,18,24H,8H2,1-2H3,(H,20,21)/t15-,18+/m1/s1. The molecule has 3 aromatic rings. The maximum absolute atomic E-state index is 10.4. The van der Waals surface area contributed by atoms with Crippen LogP contribution in [0.3, 0.4) is 0 Å². The number of fused-ring (bicyclic) bond motifs is 1. The zero-order chi connectivity index (χ0) is 16.7. The number of hydrogen-bond acceptors (Lipinski definition) is 5. The molecule has 6 nitrogen and oxygen atoms in total. The van der Waals surface area contributed by atoms with Crippen molar-refractivity contribution in [3.63, 3.8) is 0 Å². The first-order valence-corrected chi connectivity index (χ1v) is 8.00. The second-order valence-corrected chi connectivity index (χ2v) is 6.19. The predicted octanol–water partition coefficient (Wildman–Crippen LogP) is 2.35. The zero-order valence-corrected chi connectivity index (χ0v) is 13.6. The molecule has 0 aliphatic heterocycles. The van der Waals surface area contributed by atoms with Gasteiger partial charge in [0.25, 0.3) is 0 Å². The Kier molecular flexibility index (Phi) is 3.54. The van der Waals surface area contributed by atoms with Gasteiger partial charge in [-0.05, 0) is 31.0 Å². The molecule has 0 bridgehead atoms.